The summed E-state index contributed by atoms with van der Waals surface area (Å²) in [5, 5.41) is 3.56. The zero-order chi connectivity index (χ0) is 18.7. The molecule has 0 radical (unpaired) electrons. The first kappa shape index (κ1) is 18.4. The largest absolute Gasteiger partial charge is 0.454 e. The molecule has 8 heteroatoms. The average molecular weight is 395 g/mol. The lowest BCUT2D eigenvalue weighted by Crippen LogP contribution is -2.39. The number of ether oxygens (including phenoxy) is 2. The first-order chi connectivity index (χ1) is 12.4. The number of anilines is 1. The maximum Gasteiger partial charge on any atom is 0.240 e. The number of hydrogen-bond donors (Lipinski definition) is 1. The number of halogens is 2. The number of carbonyl (C=O) groups is 2. The van der Waals surface area contributed by atoms with E-state index in [4.69, 9.17) is 32.7 Å². The molecule has 2 amide bonds. The minimum absolute atomic E-state index is 0.142. The Balaban J connectivity index is 1.64. The molecule has 1 aliphatic rings. The van der Waals surface area contributed by atoms with Gasteiger partial charge in [0, 0.05) is 29.2 Å². The molecule has 1 N–H and O–H groups in total. The monoisotopic (exact) mass is 394 g/mol. The van der Waals surface area contributed by atoms with Gasteiger partial charge in [-0.3, -0.25) is 9.59 Å². The summed E-state index contributed by atoms with van der Waals surface area (Å²) in [6.07, 6.45) is 0. The average Bonchev–Trinajstić information content (AvgIpc) is 3.04. The fraction of sp³-hybridized carbons (Fsp3) is 0.222. The molecule has 1 heterocycles. The minimum atomic E-state index is -0.311. The van der Waals surface area contributed by atoms with E-state index in [9.17, 15) is 9.59 Å². The van der Waals surface area contributed by atoms with Gasteiger partial charge in [-0.15, -0.1) is 0 Å². The summed E-state index contributed by atoms with van der Waals surface area (Å²) >= 11 is 12.0. The van der Waals surface area contributed by atoms with Gasteiger partial charge in [0.25, 0.3) is 0 Å². The van der Waals surface area contributed by atoms with Crippen LogP contribution in [0.3, 0.4) is 0 Å². The van der Waals surface area contributed by atoms with Crippen molar-refractivity contribution in [3.63, 3.8) is 0 Å². The number of nitrogens with one attached hydrogen (secondary N) is 1. The van der Waals surface area contributed by atoms with Crippen LogP contribution in [-0.4, -0.2) is 25.2 Å². The lowest BCUT2D eigenvalue weighted by molar-refractivity contribution is -0.123. The first-order valence-corrected chi connectivity index (χ1v) is 8.57. The number of amides is 2. The van der Waals surface area contributed by atoms with Gasteiger partial charge in [-0.05, 0) is 35.9 Å². The van der Waals surface area contributed by atoms with Crippen molar-refractivity contribution in [2.75, 3.05) is 18.2 Å². The van der Waals surface area contributed by atoms with Crippen LogP contribution in [0.25, 0.3) is 0 Å². The zero-order valence-electron chi connectivity index (χ0n) is 13.9. The molecule has 136 valence electrons. The molecule has 2 aromatic carbocycles. The molecular weight excluding hydrogens is 379 g/mol. The summed E-state index contributed by atoms with van der Waals surface area (Å²) in [6, 6.07) is 10.2. The Kier molecular flexibility index (Phi) is 5.54. The SMILES string of the molecule is CC(=O)N(CC(=O)NCc1ccc2c(c1)OCO2)c1cc(Cl)cc(Cl)c1. The van der Waals surface area contributed by atoms with Crippen molar-refractivity contribution in [3.05, 3.63) is 52.0 Å². The molecule has 3 rings (SSSR count). The van der Waals surface area contributed by atoms with Crippen LogP contribution in [0.5, 0.6) is 11.5 Å². The molecule has 26 heavy (non-hydrogen) atoms. The Labute approximate surface area is 160 Å². The predicted octanol–water partition coefficient (Wildman–Crippen LogP) is 3.39. The Morgan fingerprint density at radius 1 is 1.08 bits per heavy atom. The van der Waals surface area contributed by atoms with Crippen molar-refractivity contribution in [2.24, 2.45) is 0 Å². The lowest BCUT2D eigenvalue weighted by atomic mass is 10.2. The van der Waals surface area contributed by atoms with Crippen LogP contribution >= 0.6 is 23.2 Å². The van der Waals surface area contributed by atoms with Crippen LogP contribution in [0, 0.1) is 0 Å². The normalized spacial score (nSPS) is 12.0. The van der Waals surface area contributed by atoms with E-state index in [1.807, 2.05) is 12.1 Å². The second-order valence-corrected chi connectivity index (χ2v) is 6.57. The van der Waals surface area contributed by atoms with Crippen molar-refractivity contribution < 1.29 is 19.1 Å². The molecule has 0 saturated heterocycles. The van der Waals surface area contributed by atoms with E-state index in [1.54, 1.807) is 24.3 Å². The topological polar surface area (TPSA) is 67.9 Å². The summed E-state index contributed by atoms with van der Waals surface area (Å²) in [4.78, 5) is 25.5. The molecule has 0 bridgehead atoms. The van der Waals surface area contributed by atoms with Gasteiger partial charge in [0.15, 0.2) is 11.5 Å². The number of hydrogen-bond acceptors (Lipinski definition) is 4. The quantitative estimate of drug-likeness (QED) is 0.843. The fourth-order valence-corrected chi connectivity index (χ4v) is 3.05. The highest BCUT2D eigenvalue weighted by molar-refractivity contribution is 6.35. The van der Waals surface area contributed by atoms with Crippen LogP contribution in [0.15, 0.2) is 36.4 Å². The number of fused-ring (bicyclic) bond motifs is 1. The zero-order valence-corrected chi connectivity index (χ0v) is 15.4. The van der Waals surface area contributed by atoms with E-state index in [1.165, 1.54) is 11.8 Å². The molecule has 0 unspecified atom stereocenters. The van der Waals surface area contributed by atoms with Gasteiger partial charge in [0.2, 0.25) is 18.6 Å². The molecule has 6 nitrogen and oxygen atoms in total. The maximum atomic E-state index is 12.3. The van der Waals surface area contributed by atoms with Gasteiger partial charge in [-0.1, -0.05) is 29.3 Å². The van der Waals surface area contributed by atoms with Crippen LogP contribution in [0.2, 0.25) is 10.0 Å². The minimum Gasteiger partial charge on any atom is -0.454 e. The summed E-state index contributed by atoms with van der Waals surface area (Å²) in [6.45, 7) is 1.73. The highest BCUT2D eigenvalue weighted by atomic mass is 35.5. The molecule has 0 fully saturated rings. The van der Waals surface area contributed by atoms with E-state index in [-0.39, 0.29) is 25.2 Å². The van der Waals surface area contributed by atoms with Gasteiger partial charge in [-0.2, -0.15) is 0 Å². The molecule has 1 aliphatic heterocycles. The number of carbonyl (C=O) groups excluding carboxylic acids is 2. The Morgan fingerprint density at radius 2 is 1.77 bits per heavy atom. The molecule has 0 aromatic heterocycles. The number of rotatable bonds is 5. The van der Waals surface area contributed by atoms with Crippen LogP contribution in [0.1, 0.15) is 12.5 Å². The maximum absolute atomic E-state index is 12.3. The van der Waals surface area contributed by atoms with Crippen LogP contribution < -0.4 is 19.7 Å². The van der Waals surface area contributed by atoms with Crippen LogP contribution in [0.4, 0.5) is 5.69 Å². The fourth-order valence-electron chi connectivity index (χ4n) is 2.53. The van der Waals surface area contributed by atoms with E-state index < -0.39 is 0 Å². The third kappa shape index (κ3) is 4.39. The molecule has 0 saturated carbocycles. The second kappa shape index (κ2) is 7.85. The number of nitrogens with zero attached hydrogens (tertiary/aromatic N) is 1. The Bertz CT molecular complexity index is 837. The molecule has 2 aromatic rings. The van der Waals surface area contributed by atoms with Crippen molar-refractivity contribution >= 4 is 40.7 Å². The van der Waals surface area contributed by atoms with Crippen LogP contribution in [-0.2, 0) is 16.1 Å². The summed E-state index contributed by atoms with van der Waals surface area (Å²) in [7, 11) is 0. The Hall–Kier alpha value is -2.44. The highest BCUT2D eigenvalue weighted by Crippen LogP contribution is 2.32. The molecule has 0 spiro atoms. The van der Waals surface area contributed by atoms with Gasteiger partial charge in [0.1, 0.15) is 6.54 Å². The third-order valence-electron chi connectivity index (χ3n) is 3.77. The smallest absolute Gasteiger partial charge is 0.240 e. The van der Waals surface area contributed by atoms with Gasteiger partial charge >= 0.3 is 0 Å². The van der Waals surface area contributed by atoms with Gasteiger partial charge in [-0.25, -0.2) is 0 Å². The van der Waals surface area contributed by atoms with E-state index in [0.717, 1.165) is 5.56 Å². The first-order valence-electron chi connectivity index (χ1n) is 7.82. The molecular formula is C18H16Cl2N2O4. The van der Waals surface area contributed by atoms with Crippen molar-refractivity contribution in [2.45, 2.75) is 13.5 Å². The third-order valence-corrected chi connectivity index (χ3v) is 4.20. The lowest BCUT2D eigenvalue weighted by Gasteiger charge is -2.21. The highest BCUT2D eigenvalue weighted by Gasteiger charge is 2.18. The number of benzene rings is 2. The standard InChI is InChI=1S/C18H16Cl2N2O4/c1-11(23)22(15-6-13(19)5-14(20)7-15)9-18(24)21-8-12-2-3-16-17(4-12)26-10-25-16/h2-7H,8-10H2,1H3,(H,21,24). The van der Waals surface area contributed by atoms with Crippen molar-refractivity contribution in [1.82, 2.24) is 5.32 Å². The van der Waals surface area contributed by atoms with E-state index >= 15 is 0 Å². The summed E-state index contributed by atoms with van der Waals surface area (Å²) < 4.78 is 10.6. The summed E-state index contributed by atoms with van der Waals surface area (Å²) in [5.41, 5.74) is 1.33. The van der Waals surface area contributed by atoms with E-state index in [0.29, 0.717) is 33.8 Å². The van der Waals surface area contributed by atoms with Crippen molar-refractivity contribution in [1.29, 1.82) is 0 Å². The Morgan fingerprint density at radius 3 is 2.46 bits per heavy atom. The molecule has 0 aliphatic carbocycles. The van der Waals surface area contributed by atoms with Gasteiger partial charge < -0.3 is 19.7 Å². The summed E-state index contributed by atoms with van der Waals surface area (Å²) in [5.74, 6) is 0.729. The molecule has 0 atom stereocenters. The predicted molar refractivity (Wildman–Crippen MR) is 98.9 cm³/mol. The second-order valence-electron chi connectivity index (χ2n) is 5.70. The van der Waals surface area contributed by atoms with Crippen molar-refractivity contribution in [3.8, 4) is 11.5 Å². The van der Waals surface area contributed by atoms with Gasteiger partial charge in [0.05, 0.1) is 0 Å². The van der Waals surface area contributed by atoms with E-state index in [2.05, 4.69) is 5.32 Å².